The largest absolute Gasteiger partial charge is 0.481 e. The van der Waals surface area contributed by atoms with E-state index in [4.69, 9.17) is 5.11 Å². The quantitative estimate of drug-likeness (QED) is 0.872. The number of carbonyl (C=O) groups is 1. The van der Waals surface area contributed by atoms with Gasteiger partial charge in [0, 0.05) is 42.9 Å². The second-order valence-electron chi connectivity index (χ2n) is 5.34. The monoisotopic (exact) mass is 297 g/mol. The zero-order chi connectivity index (χ0) is 14.5. The van der Waals surface area contributed by atoms with Crippen molar-refractivity contribution in [3.63, 3.8) is 0 Å². The molecule has 6 heteroatoms. The molecule has 1 aliphatic heterocycles. The molecule has 1 N–H and O–H groups in total. The minimum atomic E-state index is -0.715. The molecule has 112 valence electrons. The molecule has 0 radical (unpaired) electrons. The van der Waals surface area contributed by atoms with E-state index in [9.17, 15) is 4.79 Å². The highest BCUT2D eigenvalue weighted by molar-refractivity contribution is 7.99. The predicted molar refractivity (Wildman–Crippen MR) is 81.0 cm³/mol. The van der Waals surface area contributed by atoms with E-state index in [1.54, 1.807) is 0 Å². The fourth-order valence-electron chi connectivity index (χ4n) is 2.39. The van der Waals surface area contributed by atoms with Gasteiger partial charge in [-0.05, 0) is 19.4 Å². The van der Waals surface area contributed by atoms with Gasteiger partial charge < -0.3 is 5.11 Å². The van der Waals surface area contributed by atoms with Crippen molar-refractivity contribution < 1.29 is 9.90 Å². The summed E-state index contributed by atoms with van der Waals surface area (Å²) in [5.74, 6) is 1.26. The highest BCUT2D eigenvalue weighted by atomic mass is 32.2. The second-order valence-corrected chi connectivity index (χ2v) is 6.49. The summed E-state index contributed by atoms with van der Waals surface area (Å²) in [5.41, 5.74) is 1.03. The molecule has 2 unspecified atom stereocenters. The Morgan fingerprint density at radius 1 is 1.65 bits per heavy atom. The maximum Gasteiger partial charge on any atom is 0.304 e. The molecule has 1 fully saturated rings. The molecular weight excluding hydrogens is 274 g/mol. The molecule has 0 aromatic carbocycles. The van der Waals surface area contributed by atoms with Gasteiger partial charge in [-0.2, -0.15) is 16.9 Å². The van der Waals surface area contributed by atoms with Gasteiger partial charge in [0.15, 0.2) is 0 Å². The number of carboxylic acid groups (broad SMARTS) is 1. The number of nitrogens with zero attached hydrogens (tertiary/aromatic N) is 3. The first-order chi connectivity index (χ1) is 9.60. The van der Waals surface area contributed by atoms with Crippen molar-refractivity contribution in [1.82, 2.24) is 14.7 Å². The van der Waals surface area contributed by atoms with Gasteiger partial charge in [-0.1, -0.05) is 6.92 Å². The molecule has 0 saturated carbocycles. The van der Waals surface area contributed by atoms with Crippen LogP contribution in [0.4, 0.5) is 0 Å². The molecule has 0 aliphatic carbocycles. The van der Waals surface area contributed by atoms with E-state index >= 15 is 0 Å². The van der Waals surface area contributed by atoms with Gasteiger partial charge in [-0.15, -0.1) is 0 Å². The lowest BCUT2D eigenvalue weighted by molar-refractivity contribution is -0.138. The number of rotatable bonds is 6. The standard InChI is InChI=1S/C14H23N3O2S/c1-3-11(2)17-5-4-12(15-17)9-16-6-7-20-10-13(16)8-14(18)19/h4-5,11,13H,3,6-10H2,1-2H3,(H,18,19). The molecule has 2 rings (SSSR count). The first-order valence-electron chi connectivity index (χ1n) is 7.17. The third-order valence-corrected chi connectivity index (χ3v) is 4.92. The molecular formula is C14H23N3O2S. The van der Waals surface area contributed by atoms with Crippen molar-refractivity contribution in [3.05, 3.63) is 18.0 Å². The first kappa shape index (κ1) is 15.4. The van der Waals surface area contributed by atoms with Crippen LogP contribution in [0.5, 0.6) is 0 Å². The Morgan fingerprint density at radius 3 is 3.15 bits per heavy atom. The van der Waals surface area contributed by atoms with Crippen LogP contribution in [0.3, 0.4) is 0 Å². The lowest BCUT2D eigenvalue weighted by atomic mass is 10.2. The van der Waals surface area contributed by atoms with Crippen molar-refractivity contribution in [3.8, 4) is 0 Å². The van der Waals surface area contributed by atoms with Gasteiger partial charge in [0.05, 0.1) is 12.1 Å². The summed E-state index contributed by atoms with van der Waals surface area (Å²) >= 11 is 1.84. The normalized spacial score (nSPS) is 21.8. The Morgan fingerprint density at radius 2 is 2.45 bits per heavy atom. The number of hydrogen-bond acceptors (Lipinski definition) is 4. The molecule has 5 nitrogen and oxygen atoms in total. The average molecular weight is 297 g/mol. The van der Waals surface area contributed by atoms with Gasteiger partial charge in [0.25, 0.3) is 0 Å². The zero-order valence-electron chi connectivity index (χ0n) is 12.2. The topological polar surface area (TPSA) is 58.4 Å². The van der Waals surface area contributed by atoms with Crippen molar-refractivity contribution in [1.29, 1.82) is 0 Å². The van der Waals surface area contributed by atoms with Crippen LogP contribution in [0, 0.1) is 0 Å². The molecule has 0 spiro atoms. The molecule has 1 aliphatic rings. The van der Waals surface area contributed by atoms with E-state index in [1.165, 1.54) is 0 Å². The fourth-order valence-corrected chi connectivity index (χ4v) is 3.52. The molecule has 1 aromatic heterocycles. The van der Waals surface area contributed by atoms with Gasteiger partial charge in [0.1, 0.15) is 0 Å². The minimum absolute atomic E-state index is 0.125. The zero-order valence-corrected chi connectivity index (χ0v) is 13.0. The lowest BCUT2D eigenvalue weighted by Gasteiger charge is -2.33. The van der Waals surface area contributed by atoms with E-state index in [2.05, 4.69) is 23.8 Å². The number of hydrogen-bond donors (Lipinski definition) is 1. The molecule has 2 atom stereocenters. The van der Waals surface area contributed by atoms with Crippen molar-refractivity contribution >= 4 is 17.7 Å². The van der Waals surface area contributed by atoms with Crippen LogP contribution in [0.25, 0.3) is 0 Å². The Labute approximate surface area is 124 Å². The van der Waals surface area contributed by atoms with E-state index in [0.29, 0.717) is 6.04 Å². The van der Waals surface area contributed by atoms with Crippen molar-refractivity contribution in [2.24, 2.45) is 0 Å². The van der Waals surface area contributed by atoms with Gasteiger partial charge in [-0.3, -0.25) is 14.4 Å². The fraction of sp³-hybridized carbons (Fsp3) is 0.714. The van der Waals surface area contributed by atoms with Crippen molar-refractivity contribution in [2.75, 3.05) is 18.1 Å². The summed E-state index contributed by atoms with van der Waals surface area (Å²) in [4.78, 5) is 13.2. The molecule has 20 heavy (non-hydrogen) atoms. The first-order valence-corrected chi connectivity index (χ1v) is 8.33. The molecule has 0 bridgehead atoms. The van der Waals surface area contributed by atoms with Crippen LogP contribution in [0.1, 0.15) is 38.4 Å². The summed E-state index contributed by atoms with van der Waals surface area (Å²) in [6.45, 7) is 6.00. The molecule has 0 amide bonds. The van der Waals surface area contributed by atoms with E-state index in [1.807, 2.05) is 28.7 Å². The van der Waals surface area contributed by atoms with Crippen LogP contribution in [0.15, 0.2) is 12.3 Å². The van der Waals surface area contributed by atoms with Crippen LogP contribution < -0.4 is 0 Å². The lowest BCUT2D eigenvalue weighted by Crippen LogP contribution is -2.43. The third kappa shape index (κ3) is 3.99. The minimum Gasteiger partial charge on any atom is -0.481 e. The van der Waals surface area contributed by atoms with Gasteiger partial charge in [-0.25, -0.2) is 0 Å². The summed E-state index contributed by atoms with van der Waals surface area (Å²) in [7, 11) is 0. The summed E-state index contributed by atoms with van der Waals surface area (Å²) in [5, 5.41) is 13.6. The van der Waals surface area contributed by atoms with Crippen LogP contribution in [0.2, 0.25) is 0 Å². The molecule has 1 aromatic rings. The predicted octanol–water partition coefficient (Wildman–Crippen LogP) is 2.25. The molecule has 2 heterocycles. The number of aliphatic carboxylic acids is 1. The summed E-state index contributed by atoms with van der Waals surface area (Å²) in [6, 6.07) is 2.58. The van der Waals surface area contributed by atoms with Crippen molar-refractivity contribution in [2.45, 2.75) is 45.3 Å². The summed E-state index contributed by atoms with van der Waals surface area (Å²) in [6.07, 6.45) is 3.30. The second kappa shape index (κ2) is 7.13. The smallest absolute Gasteiger partial charge is 0.304 e. The number of carboxylic acids is 1. The van der Waals surface area contributed by atoms with Crippen LogP contribution in [-0.2, 0) is 11.3 Å². The number of aromatic nitrogens is 2. The maximum atomic E-state index is 10.9. The molecule has 1 saturated heterocycles. The van der Waals surface area contributed by atoms with Crippen LogP contribution >= 0.6 is 11.8 Å². The Kier molecular flexibility index (Phi) is 5.48. The van der Waals surface area contributed by atoms with E-state index < -0.39 is 5.97 Å². The Hall–Kier alpha value is -1.01. The van der Waals surface area contributed by atoms with Gasteiger partial charge in [0.2, 0.25) is 0 Å². The maximum absolute atomic E-state index is 10.9. The summed E-state index contributed by atoms with van der Waals surface area (Å²) < 4.78 is 2.00. The third-order valence-electron chi connectivity index (χ3n) is 3.83. The average Bonchev–Trinajstić information content (AvgIpc) is 2.88. The highest BCUT2D eigenvalue weighted by Crippen LogP contribution is 2.21. The highest BCUT2D eigenvalue weighted by Gasteiger charge is 2.25. The van der Waals surface area contributed by atoms with Crippen LogP contribution in [-0.4, -0.2) is 49.8 Å². The Balaban J connectivity index is 1.99. The number of thioether (sulfide) groups is 1. The Bertz CT molecular complexity index is 449. The van der Waals surface area contributed by atoms with E-state index in [0.717, 1.165) is 36.7 Å². The SMILES string of the molecule is CCC(C)n1ccc(CN2CCSCC2CC(=O)O)n1. The van der Waals surface area contributed by atoms with Gasteiger partial charge >= 0.3 is 5.97 Å². The van der Waals surface area contributed by atoms with E-state index in [-0.39, 0.29) is 12.5 Å².